The molecular weight excluding hydrogens is 270 g/mol. The van der Waals surface area contributed by atoms with Gasteiger partial charge in [0.1, 0.15) is 9.84 Å². The highest BCUT2D eigenvalue weighted by Gasteiger charge is 2.42. The van der Waals surface area contributed by atoms with Crippen molar-refractivity contribution in [2.24, 2.45) is 17.8 Å². The van der Waals surface area contributed by atoms with E-state index in [-0.39, 0.29) is 5.25 Å². The SMILES string of the molecule is CC(NC1CCCC(S(C)(=O)=O)C1)C1CC2CCC1C2. The minimum absolute atomic E-state index is 0.110. The van der Waals surface area contributed by atoms with Crippen molar-refractivity contribution in [3.8, 4) is 0 Å². The fourth-order valence-electron chi connectivity index (χ4n) is 5.09. The summed E-state index contributed by atoms with van der Waals surface area (Å²) in [5, 5.41) is 3.67. The minimum Gasteiger partial charge on any atom is -0.311 e. The average Bonchev–Trinajstić information content (AvgIpc) is 3.00. The van der Waals surface area contributed by atoms with Crippen LogP contribution in [0.5, 0.6) is 0 Å². The smallest absolute Gasteiger partial charge is 0.150 e. The van der Waals surface area contributed by atoms with Crippen molar-refractivity contribution in [2.75, 3.05) is 6.26 Å². The second-order valence-electron chi connectivity index (χ2n) is 7.61. The third-order valence-corrected chi connectivity index (χ3v) is 7.80. The quantitative estimate of drug-likeness (QED) is 0.868. The van der Waals surface area contributed by atoms with Gasteiger partial charge in [-0.05, 0) is 63.2 Å². The van der Waals surface area contributed by atoms with Crippen molar-refractivity contribution in [3.05, 3.63) is 0 Å². The van der Waals surface area contributed by atoms with Crippen LogP contribution in [0, 0.1) is 17.8 Å². The standard InChI is InChI=1S/C16H29NO2S/c1-11(16-9-12-6-7-13(16)8-12)17-14-4-3-5-15(10-14)20(2,18)19/h11-17H,3-10H2,1-2H3. The molecule has 116 valence electrons. The van der Waals surface area contributed by atoms with Gasteiger partial charge in [0.25, 0.3) is 0 Å². The molecule has 0 aliphatic heterocycles. The van der Waals surface area contributed by atoms with Crippen molar-refractivity contribution >= 4 is 9.84 Å². The van der Waals surface area contributed by atoms with E-state index in [1.54, 1.807) is 0 Å². The fraction of sp³-hybridized carbons (Fsp3) is 1.00. The summed E-state index contributed by atoms with van der Waals surface area (Å²) in [5.74, 6) is 2.77. The lowest BCUT2D eigenvalue weighted by atomic mass is 9.83. The van der Waals surface area contributed by atoms with Crippen LogP contribution in [0.2, 0.25) is 0 Å². The molecule has 0 heterocycles. The van der Waals surface area contributed by atoms with Crippen LogP contribution >= 0.6 is 0 Å². The van der Waals surface area contributed by atoms with E-state index < -0.39 is 9.84 Å². The summed E-state index contributed by atoms with van der Waals surface area (Å²) in [6, 6.07) is 0.978. The Kier molecular flexibility index (Phi) is 4.15. The highest BCUT2D eigenvalue weighted by molar-refractivity contribution is 7.91. The molecule has 6 atom stereocenters. The zero-order chi connectivity index (χ0) is 14.3. The molecule has 1 N–H and O–H groups in total. The van der Waals surface area contributed by atoms with Gasteiger partial charge in [-0.3, -0.25) is 0 Å². The summed E-state index contributed by atoms with van der Waals surface area (Å²) in [6.45, 7) is 2.33. The molecule has 0 saturated heterocycles. The summed E-state index contributed by atoms with van der Waals surface area (Å²) in [5.41, 5.74) is 0. The van der Waals surface area contributed by atoms with Gasteiger partial charge >= 0.3 is 0 Å². The van der Waals surface area contributed by atoms with Crippen molar-refractivity contribution in [1.82, 2.24) is 5.32 Å². The van der Waals surface area contributed by atoms with E-state index >= 15 is 0 Å². The highest BCUT2D eigenvalue weighted by Crippen LogP contribution is 2.49. The molecule has 0 aromatic heterocycles. The van der Waals surface area contributed by atoms with E-state index in [0.29, 0.717) is 12.1 Å². The second kappa shape index (κ2) is 5.60. The lowest BCUT2D eigenvalue weighted by Gasteiger charge is -2.35. The van der Waals surface area contributed by atoms with E-state index in [9.17, 15) is 8.42 Å². The van der Waals surface area contributed by atoms with Crippen molar-refractivity contribution in [1.29, 1.82) is 0 Å². The predicted molar refractivity (Wildman–Crippen MR) is 82.4 cm³/mol. The Morgan fingerprint density at radius 2 is 1.85 bits per heavy atom. The van der Waals surface area contributed by atoms with Crippen LogP contribution in [-0.2, 0) is 9.84 Å². The normalized spacial score (nSPS) is 42.8. The molecule has 20 heavy (non-hydrogen) atoms. The van der Waals surface area contributed by atoms with Crippen molar-refractivity contribution in [3.63, 3.8) is 0 Å². The van der Waals surface area contributed by atoms with E-state index in [2.05, 4.69) is 12.2 Å². The minimum atomic E-state index is -2.86. The van der Waals surface area contributed by atoms with Gasteiger partial charge in [-0.1, -0.05) is 12.8 Å². The fourth-order valence-corrected chi connectivity index (χ4v) is 6.26. The number of hydrogen-bond donors (Lipinski definition) is 1. The van der Waals surface area contributed by atoms with Gasteiger partial charge in [0.05, 0.1) is 5.25 Å². The summed E-state index contributed by atoms with van der Waals surface area (Å²) in [6.07, 6.45) is 11.0. The van der Waals surface area contributed by atoms with Gasteiger partial charge in [0.15, 0.2) is 0 Å². The molecule has 0 aromatic rings. The maximum atomic E-state index is 11.8. The Balaban J connectivity index is 1.55. The largest absolute Gasteiger partial charge is 0.311 e. The first-order valence-electron chi connectivity index (χ1n) is 8.38. The molecule has 4 heteroatoms. The van der Waals surface area contributed by atoms with Crippen LogP contribution in [0.15, 0.2) is 0 Å². The lowest BCUT2D eigenvalue weighted by Crippen LogP contribution is -2.46. The van der Waals surface area contributed by atoms with Crippen molar-refractivity contribution in [2.45, 2.75) is 75.6 Å². The predicted octanol–water partition coefficient (Wildman–Crippen LogP) is 2.76. The Labute approximate surface area is 123 Å². The molecule has 2 bridgehead atoms. The van der Waals surface area contributed by atoms with Crippen LogP contribution in [0.1, 0.15) is 58.3 Å². The van der Waals surface area contributed by atoms with Crippen LogP contribution in [0.3, 0.4) is 0 Å². The van der Waals surface area contributed by atoms with Crippen molar-refractivity contribution < 1.29 is 8.42 Å². The molecule has 3 aliphatic rings. The third kappa shape index (κ3) is 3.06. The average molecular weight is 299 g/mol. The summed E-state index contributed by atoms with van der Waals surface area (Å²) < 4.78 is 23.5. The summed E-state index contributed by atoms with van der Waals surface area (Å²) in [7, 11) is -2.86. The molecule has 0 aromatic carbocycles. The maximum Gasteiger partial charge on any atom is 0.150 e. The topological polar surface area (TPSA) is 46.2 Å². The summed E-state index contributed by atoms with van der Waals surface area (Å²) >= 11 is 0. The van der Waals surface area contributed by atoms with E-state index in [4.69, 9.17) is 0 Å². The number of sulfone groups is 1. The zero-order valence-electron chi connectivity index (χ0n) is 12.8. The molecule has 0 amide bonds. The first kappa shape index (κ1) is 14.8. The van der Waals surface area contributed by atoms with Gasteiger partial charge in [-0.15, -0.1) is 0 Å². The molecule has 3 fully saturated rings. The monoisotopic (exact) mass is 299 g/mol. The lowest BCUT2D eigenvalue weighted by molar-refractivity contribution is 0.228. The van der Waals surface area contributed by atoms with Gasteiger partial charge in [-0.2, -0.15) is 0 Å². The number of rotatable bonds is 4. The van der Waals surface area contributed by atoms with Crippen LogP contribution in [0.25, 0.3) is 0 Å². The van der Waals surface area contributed by atoms with E-state index in [1.165, 1.54) is 31.9 Å². The molecular formula is C16H29NO2S. The molecule has 3 rings (SSSR count). The Morgan fingerprint density at radius 1 is 1.05 bits per heavy atom. The molecule has 3 aliphatic carbocycles. The highest BCUT2D eigenvalue weighted by atomic mass is 32.2. The van der Waals surface area contributed by atoms with Crippen LogP contribution in [0.4, 0.5) is 0 Å². The van der Waals surface area contributed by atoms with E-state index in [0.717, 1.165) is 43.4 Å². The third-order valence-electron chi connectivity index (χ3n) is 6.17. The molecule has 3 saturated carbocycles. The first-order chi connectivity index (χ1) is 9.43. The van der Waals surface area contributed by atoms with E-state index in [1.807, 2.05) is 0 Å². The zero-order valence-corrected chi connectivity index (χ0v) is 13.7. The Bertz CT molecular complexity index is 447. The molecule has 0 radical (unpaired) electrons. The summed E-state index contributed by atoms with van der Waals surface area (Å²) in [4.78, 5) is 0. The number of fused-ring (bicyclic) bond motifs is 2. The first-order valence-corrected chi connectivity index (χ1v) is 10.3. The van der Waals surface area contributed by atoms with Gasteiger partial charge in [0, 0.05) is 18.3 Å². The molecule has 3 nitrogen and oxygen atoms in total. The Morgan fingerprint density at radius 3 is 2.45 bits per heavy atom. The Hall–Kier alpha value is -0.0900. The van der Waals surface area contributed by atoms with Crippen LogP contribution < -0.4 is 5.32 Å². The molecule has 6 unspecified atom stereocenters. The van der Waals surface area contributed by atoms with Gasteiger partial charge in [-0.25, -0.2) is 8.42 Å². The van der Waals surface area contributed by atoms with Crippen LogP contribution in [-0.4, -0.2) is 32.0 Å². The molecule has 0 spiro atoms. The second-order valence-corrected chi connectivity index (χ2v) is 9.93. The van der Waals surface area contributed by atoms with Gasteiger partial charge in [0.2, 0.25) is 0 Å². The van der Waals surface area contributed by atoms with Gasteiger partial charge < -0.3 is 5.32 Å². The number of hydrogen-bond acceptors (Lipinski definition) is 3. The maximum absolute atomic E-state index is 11.8. The number of nitrogens with one attached hydrogen (secondary N) is 1.